The fourth-order valence-electron chi connectivity index (χ4n) is 2.48. The molecule has 0 radical (unpaired) electrons. The first-order valence-electron chi connectivity index (χ1n) is 7.20. The maximum Gasteiger partial charge on any atom is 0.319 e. The minimum atomic E-state index is -0.458. The number of fused-ring (bicyclic) bond motifs is 1. The first-order valence-corrected chi connectivity index (χ1v) is 7.20. The standard InChI is InChI=1S/C17H17FN2O2/c18-15-7-3-4-8-16(15)20-17(21)19-10-14-9-12-5-1-2-6-13(12)11-22-14/h1-8,14H,9-11H2,(H2,19,20,21). The molecule has 5 heteroatoms. The third-order valence-corrected chi connectivity index (χ3v) is 3.65. The summed E-state index contributed by atoms with van der Waals surface area (Å²) in [6.45, 7) is 0.937. The molecular formula is C17H17FN2O2. The summed E-state index contributed by atoms with van der Waals surface area (Å²) in [5, 5.41) is 5.21. The lowest BCUT2D eigenvalue weighted by Crippen LogP contribution is -2.38. The van der Waals surface area contributed by atoms with Crippen molar-refractivity contribution in [2.45, 2.75) is 19.1 Å². The van der Waals surface area contributed by atoms with Gasteiger partial charge in [-0.2, -0.15) is 0 Å². The highest BCUT2D eigenvalue weighted by atomic mass is 19.1. The number of ether oxygens (including phenoxy) is 1. The molecule has 0 fully saturated rings. The lowest BCUT2D eigenvalue weighted by atomic mass is 9.99. The number of amides is 2. The highest BCUT2D eigenvalue weighted by Gasteiger charge is 2.19. The van der Waals surface area contributed by atoms with Crippen LogP contribution in [-0.2, 0) is 17.8 Å². The fourth-order valence-corrected chi connectivity index (χ4v) is 2.48. The second kappa shape index (κ2) is 6.58. The quantitative estimate of drug-likeness (QED) is 0.915. The molecule has 2 amide bonds. The van der Waals surface area contributed by atoms with E-state index in [1.54, 1.807) is 12.1 Å². The molecule has 2 aromatic carbocycles. The average Bonchev–Trinajstić information content (AvgIpc) is 2.55. The predicted molar refractivity (Wildman–Crippen MR) is 82.1 cm³/mol. The second-order valence-corrected chi connectivity index (χ2v) is 5.22. The van der Waals surface area contributed by atoms with Gasteiger partial charge in [0.25, 0.3) is 0 Å². The molecule has 0 aliphatic carbocycles. The van der Waals surface area contributed by atoms with Crippen molar-refractivity contribution in [1.82, 2.24) is 5.32 Å². The van der Waals surface area contributed by atoms with Crippen molar-refractivity contribution >= 4 is 11.7 Å². The number of carbonyl (C=O) groups excluding carboxylic acids is 1. The number of rotatable bonds is 3. The zero-order chi connectivity index (χ0) is 15.4. The molecule has 114 valence electrons. The molecule has 2 aromatic rings. The Kier molecular flexibility index (Phi) is 4.34. The van der Waals surface area contributed by atoms with Crippen LogP contribution in [0.15, 0.2) is 48.5 Å². The second-order valence-electron chi connectivity index (χ2n) is 5.22. The molecule has 3 rings (SSSR count). The molecule has 22 heavy (non-hydrogen) atoms. The molecule has 0 saturated carbocycles. The molecule has 1 atom stereocenters. The molecule has 4 nitrogen and oxygen atoms in total. The van der Waals surface area contributed by atoms with Gasteiger partial charge in [0.05, 0.1) is 18.4 Å². The maximum atomic E-state index is 13.4. The van der Waals surface area contributed by atoms with Gasteiger partial charge in [0.2, 0.25) is 0 Å². The monoisotopic (exact) mass is 300 g/mol. The zero-order valence-corrected chi connectivity index (χ0v) is 12.0. The number of nitrogens with one attached hydrogen (secondary N) is 2. The van der Waals surface area contributed by atoms with Crippen LogP contribution in [0.25, 0.3) is 0 Å². The van der Waals surface area contributed by atoms with Gasteiger partial charge in [0.15, 0.2) is 0 Å². The van der Waals surface area contributed by atoms with Crippen LogP contribution in [-0.4, -0.2) is 18.7 Å². The summed E-state index contributed by atoms with van der Waals surface area (Å²) >= 11 is 0. The van der Waals surface area contributed by atoms with Crippen molar-refractivity contribution in [3.05, 3.63) is 65.5 Å². The molecule has 1 aliphatic rings. The normalized spacial score (nSPS) is 16.7. The van der Waals surface area contributed by atoms with E-state index in [0.29, 0.717) is 13.2 Å². The third-order valence-electron chi connectivity index (χ3n) is 3.65. The van der Waals surface area contributed by atoms with Gasteiger partial charge in [0.1, 0.15) is 5.82 Å². The van der Waals surface area contributed by atoms with E-state index >= 15 is 0 Å². The number of halogens is 1. The maximum absolute atomic E-state index is 13.4. The molecule has 1 unspecified atom stereocenters. The Morgan fingerprint density at radius 2 is 1.86 bits per heavy atom. The summed E-state index contributed by atoms with van der Waals surface area (Å²) in [6.07, 6.45) is 0.692. The Morgan fingerprint density at radius 3 is 2.68 bits per heavy atom. The third kappa shape index (κ3) is 3.43. The van der Waals surface area contributed by atoms with Crippen LogP contribution in [0.4, 0.5) is 14.9 Å². The first kappa shape index (κ1) is 14.5. The van der Waals surface area contributed by atoms with Crippen molar-refractivity contribution in [3.63, 3.8) is 0 Å². The number of carbonyl (C=O) groups is 1. The van der Waals surface area contributed by atoms with Crippen molar-refractivity contribution in [2.24, 2.45) is 0 Å². The van der Waals surface area contributed by atoms with Gasteiger partial charge in [-0.25, -0.2) is 9.18 Å². The molecule has 2 N–H and O–H groups in total. The molecular weight excluding hydrogens is 283 g/mol. The first-order chi connectivity index (χ1) is 10.7. The van der Waals surface area contributed by atoms with Gasteiger partial charge in [-0.05, 0) is 23.3 Å². The minimum Gasteiger partial charge on any atom is -0.371 e. The summed E-state index contributed by atoms with van der Waals surface area (Å²) in [7, 11) is 0. The predicted octanol–water partition coefficient (Wildman–Crippen LogP) is 3.09. The molecule has 0 bridgehead atoms. The summed E-state index contributed by atoms with van der Waals surface area (Å²) in [6, 6.07) is 13.7. The lowest BCUT2D eigenvalue weighted by molar-refractivity contribution is 0.0308. The number of urea groups is 1. The van der Waals surface area contributed by atoms with Gasteiger partial charge < -0.3 is 15.4 Å². The Balaban J connectivity index is 1.51. The van der Waals surface area contributed by atoms with Crippen molar-refractivity contribution in [2.75, 3.05) is 11.9 Å². The number of anilines is 1. The van der Waals surface area contributed by atoms with E-state index in [-0.39, 0.29) is 11.8 Å². The topological polar surface area (TPSA) is 50.4 Å². The molecule has 0 spiro atoms. The van der Waals surface area contributed by atoms with Crippen LogP contribution in [0.5, 0.6) is 0 Å². The highest BCUT2D eigenvalue weighted by molar-refractivity contribution is 5.89. The summed E-state index contributed by atoms with van der Waals surface area (Å²) < 4.78 is 19.2. The van der Waals surface area contributed by atoms with E-state index in [4.69, 9.17) is 4.74 Å². The highest BCUT2D eigenvalue weighted by Crippen LogP contribution is 2.19. The van der Waals surface area contributed by atoms with Gasteiger partial charge in [-0.1, -0.05) is 36.4 Å². The Labute approximate surface area is 128 Å². The van der Waals surface area contributed by atoms with E-state index in [2.05, 4.69) is 16.7 Å². The van der Waals surface area contributed by atoms with E-state index in [0.717, 1.165) is 6.42 Å². The van der Waals surface area contributed by atoms with Gasteiger partial charge in [-0.15, -0.1) is 0 Å². The van der Waals surface area contributed by atoms with Crippen molar-refractivity contribution in [3.8, 4) is 0 Å². The Hall–Kier alpha value is -2.40. The number of benzene rings is 2. The molecule has 1 aliphatic heterocycles. The fraction of sp³-hybridized carbons (Fsp3) is 0.235. The van der Waals surface area contributed by atoms with Crippen LogP contribution in [0.1, 0.15) is 11.1 Å². The van der Waals surface area contributed by atoms with Crippen LogP contribution in [0, 0.1) is 5.82 Å². The largest absolute Gasteiger partial charge is 0.371 e. The van der Waals surface area contributed by atoms with E-state index < -0.39 is 11.8 Å². The Morgan fingerprint density at radius 1 is 1.14 bits per heavy atom. The Bertz CT molecular complexity index is 675. The average molecular weight is 300 g/mol. The number of hydrogen-bond acceptors (Lipinski definition) is 2. The van der Waals surface area contributed by atoms with E-state index in [1.165, 1.54) is 23.3 Å². The molecule has 0 saturated heterocycles. The van der Waals surface area contributed by atoms with Gasteiger partial charge in [-0.3, -0.25) is 0 Å². The van der Waals surface area contributed by atoms with E-state index in [1.807, 2.05) is 18.2 Å². The van der Waals surface area contributed by atoms with E-state index in [9.17, 15) is 9.18 Å². The van der Waals surface area contributed by atoms with Gasteiger partial charge >= 0.3 is 6.03 Å². The molecule has 1 heterocycles. The lowest BCUT2D eigenvalue weighted by Gasteiger charge is -2.25. The van der Waals surface area contributed by atoms with Crippen LogP contribution in [0.3, 0.4) is 0 Å². The zero-order valence-electron chi connectivity index (χ0n) is 12.0. The summed E-state index contributed by atoms with van der Waals surface area (Å²) in [4.78, 5) is 11.8. The van der Waals surface area contributed by atoms with Gasteiger partial charge in [0, 0.05) is 13.0 Å². The number of hydrogen-bond donors (Lipinski definition) is 2. The van der Waals surface area contributed by atoms with Crippen molar-refractivity contribution < 1.29 is 13.9 Å². The van der Waals surface area contributed by atoms with Crippen LogP contribution < -0.4 is 10.6 Å². The smallest absolute Gasteiger partial charge is 0.319 e. The van der Waals surface area contributed by atoms with Crippen molar-refractivity contribution in [1.29, 1.82) is 0 Å². The van der Waals surface area contributed by atoms with Crippen LogP contribution in [0.2, 0.25) is 0 Å². The SMILES string of the molecule is O=C(NCC1Cc2ccccc2CO1)Nc1ccccc1F. The summed E-state index contributed by atoms with van der Waals surface area (Å²) in [5.41, 5.74) is 2.60. The summed E-state index contributed by atoms with van der Waals surface area (Å²) in [5.74, 6) is -0.458. The number of para-hydroxylation sites is 1. The van der Waals surface area contributed by atoms with Crippen LogP contribution >= 0.6 is 0 Å². The minimum absolute atomic E-state index is 0.0683. The molecule has 0 aromatic heterocycles.